The van der Waals surface area contributed by atoms with Gasteiger partial charge in [-0.25, -0.2) is 4.98 Å². The van der Waals surface area contributed by atoms with E-state index in [0.717, 1.165) is 62.3 Å². The SMILES string of the molecule is CC(=O)N1CCCC1C1CCCN1CCCc1nc2ccccc2o1. The van der Waals surface area contributed by atoms with Crippen LogP contribution in [0.3, 0.4) is 0 Å². The van der Waals surface area contributed by atoms with Crippen LogP contribution in [0.4, 0.5) is 0 Å². The number of carbonyl (C=O) groups is 1. The van der Waals surface area contributed by atoms with Gasteiger partial charge in [-0.05, 0) is 57.3 Å². The Kier molecular flexibility index (Phi) is 4.75. The summed E-state index contributed by atoms with van der Waals surface area (Å²) in [4.78, 5) is 21.2. The number of hydrogen-bond acceptors (Lipinski definition) is 4. The second-order valence-corrected chi connectivity index (χ2v) is 7.35. The highest BCUT2D eigenvalue weighted by molar-refractivity contribution is 5.74. The fourth-order valence-corrected chi connectivity index (χ4v) is 4.61. The molecule has 2 aliphatic heterocycles. The van der Waals surface area contributed by atoms with Crippen molar-refractivity contribution in [2.75, 3.05) is 19.6 Å². The van der Waals surface area contributed by atoms with E-state index < -0.39 is 0 Å². The predicted octanol–water partition coefficient (Wildman–Crippen LogP) is 3.24. The molecular formula is C20H27N3O2. The first kappa shape index (κ1) is 16.6. The van der Waals surface area contributed by atoms with E-state index in [-0.39, 0.29) is 5.91 Å². The van der Waals surface area contributed by atoms with E-state index >= 15 is 0 Å². The van der Waals surface area contributed by atoms with Crippen molar-refractivity contribution in [3.8, 4) is 0 Å². The smallest absolute Gasteiger partial charge is 0.219 e. The van der Waals surface area contributed by atoms with Gasteiger partial charge in [-0.1, -0.05) is 12.1 Å². The largest absolute Gasteiger partial charge is 0.441 e. The molecule has 1 amide bonds. The summed E-state index contributed by atoms with van der Waals surface area (Å²) in [7, 11) is 0. The van der Waals surface area contributed by atoms with Crippen LogP contribution in [0, 0.1) is 0 Å². The molecule has 2 aromatic rings. The molecule has 25 heavy (non-hydrogen) atoms. The molecule has 5 heteroatoms. The highest BCUT2D eigenvalue weighted by Crippen LogP contribution is 2.30. The maximum Gasteiger partial charge on any atom is 0.219 e. The molecule has 2 atom stereocenters. The minimum absolute atomic E-state index is 0.237. The van der Waals surface area contributed by atoms with E-state index in [4.69, 9.17) is 4.42 Å². The number of aromatic nitrogens is 1. The summed E-state index contributed by atoms with van der Waals surface area (Å²) in [6.45, 7) is 4.87. The summed E-state index contributed by atoms with van der Waals surface area (Å²) in [5.41, 5.74) is 1.82. The summed E-state index contributed by atoms with van der Waals surface area (Å²) in [5, 5.41) is 0. The Bertz CT molecular complexity index is 708. The average Bonchev–Trinajstić information content (AvgIpc) is 3.33. The van der Waals surface area contributed by atoms with Gasteiger partial charge in [0.1, 0.15) is 5.52 Å². The van der Waals surface area contributed by atoms with Gasteiger partial charge in [0, 0.05) is 32.0 Å². The Labute approximate surface area is 149 Å². The first-order valence-electron chi connectivity index (χ1n) is 9.58. The third kappa shape index (κ3) is 3.43. The number of likely N-dealkylation sites (tertiary alicyclic amines) is 2. The van der Waals surface area contributed by atoms with Crippen molar-refractivity contribution in [2.45, 2.75) is 57.5 Å². The number of amides is 1. The Hall–Kier alpha value is -1.88. The summed E-state index contributed by atoms with van der Waals surface area (Å²) in [6.07, 6.45) is 6.70. The van der Waals surface area contributed by atoms with Crippen molar-refractivity contribution in [3.05, 3.63) is 30.2 Å². The minimum atomic E-state index is 0.237. The van der Waals surface area contributed by atoms with Crippen molar-refractivity contribution >= 4 is 17.0 Å². The van der Waals surface area contributed by atoms with Crippen molar-refractivity contribution in [1.82, 2.24) is 14.8 Å². The molecule has 5 nitrogen and oxygen atoms in total. The van der Waals surface area contributed by atoms with E-state index in [1.165, 1.54) is 12.8 Å². The van der Waals surface area contributed by atoms with Crippen LogP contribution in [0.1, 0.15) is 44.9 Å². The van der Waals surface area contributed by atoms with Crippen LogP contribution < -0.4 is 0 Å². The quantitative estimate of drug-likeness (QED) is 0.838. The number of aryl methyl sites for hydroxylation is 1. The van der Waals surface area contributed by atoms with Gasteiger partial charge in [0.2, 0.25) is 5.91 Å². The van der Waals surface area contributed by atoms with Crippen LogP contribution in [0.2, 0.25) is 0 Å². The minimum Gasteiger partial charge on any atom is -0.441 e. The molecule has 4 rings (SSSR count). The van der Waals surface area contributed by atoms with Gasteiger partial charge in [-0.3, -0.25) is 9.69 Å². The van der Waals surface area contributed by atoms with Gasteiger partial charge >= 0.3 is 0 Å². The molecule has 2 saturated heterocycles. The lowest BCUT2D eigenvalue weighted by Gasteiger charge is -2.34. The molecule has 3 heterocycles. The number of oxazole rings is 1. The number of hydrogen-bond donors (Lipinski definition) is 0. The van der Waals surface area contributed by atoms with E-state index in [0.29, 0.717) is 12.1 Å². The van der Waals surface area contributed by atoms with Crippen molar-refractivity contribution in [3.63, 3.8) is 0 Å². The van der Waals surface area contributed by atoms with Gasteiger partial charge in [0.25, 0.3) is 0 Å². The van der Waals surface area contributed by atoms with Gasteiger partial charge in [-0.15, -0.1) is 0 Å². The average molecular weight is 341 g/mol. The topological polar surface area (TPSA) is 49.6 Å². The Balaban J connectivity index is 1.34. The van der Waals surface area contributed by atoms with Crippen LogP contribution in [-0.4, -0.2) is 52.4 Å². The molecule has 134 valence electrons. The number of para-hydroxylation sites is 2. The van der Waals surface area contributed by atoms with Crippen LogP contribution in [0.15, 0.2) is 28.7 Å². The van der Waals surface area contributed by atoms with E-state index in [1.807, 2.05) is 24.3 Å². The van der Waals surface area contributed by atoms with Gasteiger partial charge in [-0.2, -0.15) is 0 Å². The van der Waals surface area contributed by atoms with Crippen molar-refractivity contribution in [1.29, 1.82) is 0 Å². The molecule has 0 spiro atoms. The molecule has 2 aliphatic rings. The fourth-order valence-electron chi connectivity index (χ4n) is 4.61. The molecular weight excluding hydrogens is 314 g/mol. The normalized spacial score (nSPS) is 24.4. The van der Waals surface area contributed by atoms with Crippen LogP contribution in [0.5, 0.6) is 0 Å². The Morgan fingerprint density at radius 1 is 1.20 bits per heavy atom. The number of rotatable bonds is 5. The van der Waals surface area contributed by atoms with E-state index in [1.54, 1.807) is 6.92 Å². The molecule has 0 N–H and O–H groups in total. The van der Waals surface area contributed by atoms with Gasteiger partial charge in [0.15, 0.2) is 11.5 Å². The molecule has 2 unspecified atom stereocenters. The second kappa shape index (κ2) is 7.16. The van der Waals surface area contributed by atoms with Crippen LogP contribution in [0.25, 0.3) is 11.1 Å². The highest BCUT2D eigenvalue weighted by atomic mass is 16.3. The molecule has 1 aromatic carbocycles. The maximum absolute atomic E-state index is 11.9. The lowest BCUT2D eigenvalue weighted by molar-refractivity contribution is -0.130. The lowest BCUT2D eigenvalue weighted by Crippen LogP contribution is -2.47. The summed E-state index contributed by atoms with van der Waals surface area (Å²) >= 11 is 0. The maximum atomic E-state index is 11.9. The zero-order valence-electron chi connectivity index (χ0n) is 15.0. The second-order valence-electron chi connectivity index (χ2n) is 7.35. The monoisotopic (exact) mass is 341 g/mol. The standard InChI is InChI=1S/C20H27N3O2/c1-15(24)23-14-5-9-18(23)17-8-4-12-22(17)13-6-11-20-21-16-7-2-3-10-19(16)25-20/h2-3,7,10,17-18H,4-6,8-9,11-14H2,1H3. The fraction of sp³-hybridized carbons (Fsp3) is 0.600. The third-order valence-electron chi connectivity index (χ3n) is 5.74. The molecule has 0 radical (unpaired) electrons. The number of nitrogens with zero attached hydrogens (tertiary/aromatic N) is 3. The van der Waals surface area contributed by atoms with Gasteiger partial charge < -0.3 is 9.32 Å². The highest BCUT2D eigenvalue weighted by Gasteiger charge is 2.38. The zero-order valence-corrected chi connectivity index (χ0v) is 15.0. The molecule has 0 bridgehead atoms. The molecule has 1 aromatic heterocycles. The van der Waals surface area contributed by atoms with Crippen molar-refractivity contribution < 1.29 is 9.21 Å². The summed E-state index contributed by atoms with van der Waals surface area (Å²) in [5.74, 6) is 1.07. The lowest BCUT2D eigenvalue weighted by atomic mass is 10.0. The number of carbonyl (C=O) groups excluding carboxylic acids is 1. The Morgan fingerprint density at radius 2 is 2.00 bits per heavy atom. The first-order chi connectivity index (χ1) is 12.2. The Morgan fingerprint density at radius 3 is 2.84 bits per heavy atom. The molecule has 2 fully saturated rings. The van der Waals surface area contributed by atoms with Crippen LogP contribution in [-0.2, 0) is 11.2 Å². The van der Waals surface area contributed by atoms with E-state index in [9.17, 15) is 4.79 Å². The van der Waals surface area contributed by atoms with Crippen LogP contribution >= 0.6 is 0 Å². The predicted molar refractivity (Wildman–Crippen MR) is 97.3 cm³/mol. The number of fused-ring (bicyclic) bond motifs is 1. The summed E-state index contributed by atoms with van der Waals surface area (Å²) < 4.78 is 5.83. The zero-order chi connectivity index (χ0) is 17.2. The summed E-state index contributed by atoms with van der Waals surface area (Å²) in [6, 6.07) is 8.90. The molecule has 0 saturated carbocycles. The number of benzene rings is 1. The van der Waals surface area contributed by atoms with Gasteiger partial charge in [0.05, 0.1) is 0 Å². The first-order valence-corrected chi connectivity index (χ1v) is 9.58. The van der Waals surface area contributed by atoms with Crippen molar-refractivity contribution in [2.24, 2.45) is 0 Å². The third-order valence-corrected chi connectivity index (χ3v) is 5.74. The molecule has 0 aliphatic carbocycles. The van der Waals surface area contributed by atoms with E-state index in [2.05, 4.69) is 14.8 Å².